The fourth-order valence-corrected chi connectivity index (χ4v) is 1.14. The lowest BCUT2D eigenvalue weighted by Gasteiger charge is -2.16. The first-order valence-electron chi connectivity index (χ1n) is 5.79. The zero-order chi connectivity index (χ0) is 13.3. The van der Waals surface area contributed by atoms with Crippen LogP contribution in [0.25, 0.3) is 0 Å². The van der Waals surface area contributed by atoms with E-state index in [-0.39, 0.29) is 25.4 Å². The molecule has 2 N–H and O–H groups in total. The predicted molar refractivity (Wildman–Crippen MR) is 63.4 cm³/mol. The second-order valence-corrected chi connectivity index (χ2v) is 3.70. The number of ether oxygens (including phenoxy) is 1. The Bertz CT molecular complexity index is 246. The number of nitrogens with zero attached hydrogens (tertiary/aromatic N) is 1. The molecule has 0 spiro atoms. The maximum atomic E-state index is 11.4. The number of hydrogen-bond donors (Lipinski definition) is 2. The number of nitrogens with one attached hydrogen (secondary N) is 1. The zero-order valence-corrected chi connectivity index (χ0v) is 10.7. The average Bonchev–Trinajstić information content (AvgIpc) is 2.27. The first-order chi connectivity index (χ1) is 8.01. The fourth-order valence-electron chi connectivity index (χ4n) is 1.14. The number of aliphatic hydroxyl groups is 1. The molecule has 0 aromatic carbocycles. The molecule has 1 amide bonds. The number of esters is 1. The largest absolute Gasteiger partial charge is 0.466 e. The van der Waals surface area contributed by atoms with Crippen molar-refractivity contribution in [1.29, 1.82) is 0 Å². The SMILES string of the molecule is CCOC(=O)CC(O)CNCC(=O)N(C)CC. The third kappa shape index (κ3) is 7.70. The van der Waals surface area contributed by atoms with Gasteiger partial charge in [0.15, 0.2) is 0 Å². The van der Waals surface area contributed by atoms with Gasteiger partial charge >= 0.3 is 5.97 Å². The van der Waals surface area contributed by atoms with Gasteiger partial charge in [-0.3, -0.25) is 9.59 Å². The molecule has 0 rings (SSSR count). The first kappa shape index (κ1) is 15.9. The van der Waals surface area contributed by atoms with E-state index in [2.05, 4.69) is 5.32 Å². The van der Waals surface area contributed by atoms with Crippen molar-refractivity contribution in [3.63, 3.8) is 0 Å². The van der Waals surface area contributed by atoms with Gasteiger partial charge in [0, 0.05) is 20.1 Å². The molecule has 100 valence electrons. The lowest BCUT2D eigenvalue weighted by molar-refractivity contribution is -0.145. The Morgan fingerprint density at radius 2 is 2.06 bits per heavy atom. The highest BCUT2D eigenvalue weighted by molar-refractivity contribution is 5.77. The Hall–Kier alpha value is -1.14. The van der Waals surface area contributed by atoms with Crippen molar-refractivity contribution >= 4 is 11.9 Å². The van der Waals surface area contributed by atoms with E-state index in [1.165, 1.54) is 0 Å². The molecule has 0 aromatic rings. The van der Waals surface area contributed by atoms with Crippen LogP contribution in [0.1, 0.15) is 20.3 Å². The molecule has 0 fully saturated rings. The summed E-state index contributed by atoms with van der Waals surface area (Å²) in [4.78, 5) is 24.0. The lowest BCUT2D eigenvalue weighted by atomic mass is 10.2. The van der Waals surface area contributed by atoms with Crippen LogP contribution < -0.4 is 5.32 Å². The lowest BCUT2D eigenvalue weighted by Crippen LogP contribution is -2.38. The minimum Gasteiger partial charge on any atom is -0.466 e. The summed E-state index contributed by atoms with van der Waals surface area (Å²) in [5.41, 5.74) is 0. The molecule has 0 saturated heterocycles. The summed E-state index contributed by atoms with van der Waals surface area (Å²) >= 11 is 0. The van der Waals surface area contributed by atoms with Gasteiger partial charge < -0.3 is 20.1 Å². The molecular weight excluding hydrogens is 224 g/mol. The van der Waals surface area contributed by atoms with Crippen molar-refractivity contribution < 1.29 is 19.4 Å². The summed E-state index contributed by atoms with van der Waals surface area (Å²) in [7, 11) is 1.71. The first-order valence-corrected chi connectivity index (χ1v) is 5.79. The normalized spacial score (nSPS) is 12.0. The maximum Gasteiger partial charge on any atom is 0.308 e. The quantitative estimate of drug-likeness (QED) is 0.557. The van der Waals surface area contributed by atoms with Crippen molar-refractivity contribution in [3.05, 3.63) is 0 Å². The van der Waals surface area contributed by atoms with E-state index in [0.29, 0.717) is 13.2 Å². The summed E-state index contributed by atoms with van der Waals surface area (Å²) in [6.45, 7) is 4.90. The minimum atomic E-state index is -0.825. The molecule has 0 aromatic heterocycles. The Kier molecular flexibility index (Phi) is 8.35. The summed E-state index contributed by atoms with van der Waals surface area (Å²) in [5, 5.41) is 12.3. The molecule has 6 nitrogen and oxygen atoms in total. The Balaban J connectivity index is 3.67. The van der Waals surface area contributed by atoms with Crippen LogP contribution in [0.4, 0.5) is 0 Å². The predicted octanol–water partition coefficient (Wildman–Crippen LogP) is -0.632. The van der Waals surface area contributed by atoms with Crippen molar-refractivity contribution in [1.82, 2.24) is 10.2 Å². The Labute approximate surface area is 102 Å². The summed E-state index contributed by atoms with van der Waals surface area (Å²) in [6.07, 6.45) is -0.882. The molecule has 6 heteroatoms. The average molecular weight is 246 g/mol. The van der Waals surface area contributed by atoms with Gasteiger partial charge in [-0.2, -0.15) is 0 Å². The van der Waals surface area contributed by atoms with E-state index in [1.54, 1.807) is 18.9 Å². The second-order valence-electron chi connectivity index (χ2n) is 3.70. The van der Waals surface area contributed by atoms with Gasteiger partial charge in [0.25, 0.3) is 0 Å². The third-order valence-electron chi connectivity index (χ3n) is 2.26. The second kappa shape index (κ2) is 8.95. The van der Waals surface area contributed by atoms with E-state index in [1.807, 2.05) is 6.92 Å². The van der Waals surface area contributed by atoms with Gasteiger partial charge in [-0.05, 0) is 13.8 Å². The van der Waals surface area contributed by atoms with Gasteiger partial charge in [-0.1, -0.05) is 0 Å². The summed E-state index contributed by atoms with van der Waals surface area (Å²) in [6, 6.07) is 0. The molecule has 0 aliphatic carbocycles. The van der Waals surface area contributed by atoms with Gasteiger partial charge in [-0.15, -0.1) is 0 Å². The van der Waals surface area contributed by atoms with Gasteiger partial charge in [0.2, 0.25) is 5.91 Å². The van der Waals surface area contributed by atoms with Crippen molar-refractivity contribution in [3.8, 4) is 0 Å². The fraction of sp³-hybridized carbons (Fsp3) is 0.818. The van der Waals surface area contributed by atoms with Crippen molar-refractivity contribution in [2.24, 2.45) is 0 Å². The molecule has 1 atom stereocenters. The maximum absolute atomic E-state index is 11.4. The van der Waals surface area contributed by atoms with Gasteiger partial charge in [0.1, 0.15) is 0 Å². The number of carbonyl (C=O) groups excluding carboxylic acids is 2. The van der Waals surface area contributed by atoms with Crippen molar-refractivity contribution in [2.45, 2.75) is 26.4 Å². The summed E-state index contributed by atoms with van der Waals surface area (Å²) in [5.74, 6) is -0.477. The minimum absolute atomic E-state index is 0.0455. The zero-order valence-electron chi connectivity index (χ0n) is 10.7. The Morgan fingerprint density at radius 1 is 1.41 bits per heavy atom. The van der Waals surface area contributed by atoms with E-state index in [0.717, 1.165) is 0 Å². The molecule has 1 unspecified atom stereocenters. The number of hydrogen-bond acceptors (Lipinski definition) is 5. The number of likely N-dealkylation sites (N-methyl/N-ethyl adjacent to an activating group) is 1. The molecule has 0 saturated carbocycles. The Morgan fingerprint density at radius 3 is 2.59 bits per heavy atom. The van der Waals surface area contributed by atoms with Crippen LogP contribution in [0, 0.1) is 0 Å². The number of carbonyl (C=O) groups is 2. The molecule has 0 aliphatic rings. The highest BCUT2D eigenvalue weighted by Gasteiger charge is 2.12. The van der Waals surface area contributed by atoms with E-state index >= 15 is 0 Å². The monoisotopic (exact) mass is 246 g/mol. The van der Waals surface area contributed by atoms with Crippen LogP contribution in [0.5, 0.6) is 0 Å². The van der Waals surface area contributed by atoms with E-state index < -0.39 is 12.1 Å². The molecule has 0 aliphatic heterocycles. The number of aliphatic hydroxyl groups excluding tert-OH is 1. The molecule has 0 radical (unpaired) electrons. The van der Waals surface area contributed by atoms with Crippen LogP contribution in [-0.4, -0.2) is 61.3 Å². The topological polar surface area (TPSA) is 78.9 Å². The van der Waals surface area contributed by atoms with Gasteiger partial charge in [-0.25, -0.2) is 0 Å². The number of amides is 1. The van der Waals surface area contributed by atoms with E-state index in [9.17, 15) is 14.7 Å². The highest BCUT2D eigenvalue weighted by atomic mass is 16.5. The number of rotatable bonds is 8. The molecule has 0 bridgehead atoms. The molecule has 17 heavy (non-hydrogen) atoms. The van der Waals surface area contributed by atoms with Crippen LogP contribution in [-0.2, 0) is 14.3 Å². The smallest absolute Gasteiger partial charge is 0.308 e. The van der Waals surface area contributed by atoms with Crippen molar-refractivity contribution in [2.75, 3.05) is 33.3 Å². The third-order valence-corrected chi connectivity index (χ3v) is 2.26. The summed E-state index contributed by atoms with van der Waals surface area (Å²) < 4.78 is 4.69. The standard InChI is InChI=1S/C11H22N2O4/c1-4-13(3)10(15)8-12-7-9(14)6-11(16)17-5-2/h9,12,14H,4-8H2,1-3H3. The van der Waals surface area contributed by atoms with E-state index in [4.69, 9.17) is 4.74 Å². The molecule has 0 heterocycles. The van der Waals surface area contributed by atoms with Crippen LogP contribution in [0.2, 0.25) is 0 Å². The highest BCUT2D eigenvalue weighted by Crippen LogP contribution is 1.93. The van der Waals surface area contributed by atoms with Crippen LogP contribution >= 0.6 is 0 Å². The van der Waals surface area contributed by atoms with Crippen LogP contribution in [0.15, 0.2) is 0 Å². The van der Waals surface area contributed by atoms with Gasteiger partial charge in [0.05, 0.1) is 25.7 Å². The van der Waals surface area contributed by atoms with Crippen LogP contribution in [0.3, 0.4) is 0 Å². The molecular formula is C11H22N2O4.